The summed E-state index contributed by atoms with van der Waals surface area (Å²) in [5.74, 6) is -1.40. The second-order valence-corrected chi connectivity index (χ2v) is 9.99. The molecular formula is C25H34FN5O4S. The first kappa shape index (κ1) is 26.3. The molecule has 2 aliphatic heterocycles. The predicted octanol–water partition coefficient (Wildman–Crippen LogP) is 1.13. The molecule has 1 aliphatic carbocycles. The summed E-state index contributed by atoms with van der Waals surface area (Å²) in [4.78, 5) is 43.1. The standard InChI is InChI=1S/C25H34FN5O4S/c1-35-24(34)17-7-8-18-20(15-17)28-25(36)31(23(18)33)16-22(32)27-9-4-10-29-11-13-30(14-12-29)21-6-3-2-5-19(21)26/h2-3,5-6,17-18,20H,4,7-16H2,1H3,(H,27,32)(H,28,36). The summed E-state index contributed by atoms with van der Waals surface area (Å²) in [6.07, 6.45) is 2.42. The van der Waals surface area contributed by atoms with Gasteiger partial charge in [0.1, 0.15) is 12.4 Å². The van der Waals surface area contributed by atoms with Crippen LogP contribution in [0.5, 0.6) is 0 Å². The van der Waals surface area contributed by atoms with Crippen molar-refractivity contribution in [1.82, 2.24) is 20.4 Å². The molecule has 1 saturated carbocycles. The summed E-state index contributed by atoms with van der Waals surface area (Å²) in [5.41, 5.74) is 0.645. The second kappa shape index (κ2) is 12.0. The average Bonchev–Trinajstić information content (AvgIpc) is 2.89. The summed E-state index contributed by atoms with van der Waals surface area (Å²) in [5, 5.41) is 6.27. The van der Waals surface area contributed by atoms with Gasteiger partial charge in [-0.2, -0.15) is 0 Å². The zero-order chi connectivity index (χ0) is 25.7. The molecule has 3 fully saturated rings. The van der Waals surface area contributed by atoms with E-state index in [0.717, 1.165) is 39.1 Å². The zero-order valence-corrected chi connectivity index (χ0v) is 21.4. The normalized spacial score (nSPS) is 24.7. The van der Waals surface area contributed by atoms with Gasteiger partial charge in [0.25, 0.3) is 0 Å². The molecule has 3 aliphatic rings. The smallest absolute Gasteiger partial charge is 0.308 e. The molecule has 4 rings (SSSR count). The van der Waals surface area contributed by atoms with E-state index in [1.54, 1.807) is 6.07 Å². The largest absolute Gasteiger partial charge is 0.469 e. The summed E-state index contributed by atoms with van der Waals surface area (Å²) in [6, 6.07) is 6.63. The highest BCUT2D eigenvalue weighted by Crippen LogP contribution is 2.33. The Morgan fingerprint density at radius 2 is 1.94 bits per heavy atom. The van der Waals surface area contributed by atoms with E-state index < -0.39 is 0 Å². The van der Waals surface area contributed by atoms with Crippen molar-refractivity contribution in [3.05, 3.63) is 30.1 Å². The Bertz CT molecular complexity index is 987. The van der Waals surface area contributed by atoms with Gasteiger partial charge in [-0.3, -0.25) is 24.2 Å². The fourth-order valence-corrected chi connectivity index (χ4v) is 5.65. The number of amides is 2. The minimum atomic E-state index is -0.298. The monoisotopic (exact) mass is 519 g/mol. The Kier molecular flexibility index (Phi) is 8.73. The van der Waals surface area contributed by atoms with Gasteiger partial charge in [0.2, 0.25) is 11.8 Å². The Morgan fingerprint density at radius 1 is 1.19 bits per heavy atom. The molecule has 2 amide bonds. The van der Waals surface area contributed by atoms with Crippen LogP contribution < -0.4 is 15.5 Å². The van der Waals surface area contributed by atoms with Crippen molar-refractivity contribution >= 4 is 40.8 Å². The number of hydrogen-bond acceptors (Lipinski definition) is 7. The van der Waals surface area contributed by atoms with Gasteiger partial charge in [-0.1, -0.05) is 12.1 Å². The van der Waals surface area contributed by atoms with Crippen LogP contribution >= 0.6 is 12.2 Å². The van der Waals surface area contributed by atoms with E-state index in [4.69, 9.17) is 17.0 Å². The van der Waals surface area contributed by atoms with Gasteiger partial charge in [0, 0.05) is 38.8 Å². The molecule has 196 valence electrons. The van der Waals surface area contributed by atoms with Crippen LogP contribution in [0.2, 0.25) is 0 Å². The predicted molar refractivity (Wildman–Crippen MR) is 137 cm³/mol. The number of esters is 1. The fourth-order valence-electron chi connectivity index (χ4n) is 5.34. The van der Waals surface area contributed by atoms with Gasteiger partial charge in [0.05, 0.1) is 24.6 Å². The molecule has 1 aromatic rings. The number of halogens is 1. The second-order valence-electron chi connectivity index (χ2n) is 9.60. The van der Waals surface area contributed by atoms with Gasteiger partial charge in [-0.25, -0.2) is 4.39 Å². The van der Waals surface area contributed by atoms with Crippen molar-refractivity contribution in [2.24, 2.45) is 11.8 Å². The molecule has 3 unspecified atom stereocenters. The van der Waals surface area contributed by atoms with E-state index >= 15 is 0 Å². The summed E-state index contributed by atoms with van der Waals surface area (Å²) >= 11 is 5.36. The van der Waals surface area contributed by atoms with Crippen molar-refractivity contribution in [3.63, 3.8) is 0 Å². The van der Waals surface area contributed by atoms with E-state index in [1.165, 1.54) is 18.1 Å². The number of nitrogens with zero attached hydrogens (tertiary/aromatic N) is 3. The maximum Gasteiger partial charge on any atom is 0.308 e. The third-order valence-electron chi connectivity index (χ3n) is 7.36. The maximum absolute atomic E-state index is 14.0. The van der Waals surface area contributed by atoms with E-state index in [2.05, 4.69) is 20.4 Å². The van der Waals surface area contributed by atoms with E-state index in [9.17, 15) is 18.8 Å². The highest BCUT2D eigenvalue weighted by atomic mass is 32.1. The molecule has 0 aromatic heterocycles. The topological polar surface area (TPSA) is 94.2 Å². The highest BCUT2D eigenvalue weighted by Gasteiger charge is 2.44. The van der Waals surface area contributed by atoms with Crippen LogP contribution in [0.4, 0.5) is 10.1 Å². The Labute approximate surface area is 216 Å². The highest BCUT2D eigenvalue weighted by molar-refractivity contribution is 7.80. The van der Waals surface area contributed by atoms with Crippen molar-refractivity contribution < 1.29 is 23.5 Å². The van der Waals surface area contributed by atoms with Crippen LogP contribution in [0, 0.1) is 17.7 Å². The summed E-state index contributed by atoms with van der Waals surface area (Å²) < 4.78 is 18.8. The molecular weight excluding hydrogens is 485 g/mol. The van der Waals surface area contributed by atoms with E-state index in [0.29, 0.717) is 31.5 Å². The first-order valence-corrected chi connectivity index (χ1v) is 13.0. The molecule has 11 heteroatoms. The number of thiocarbonyl (C=S) groups is 1. The fraction of sp³-hybridized carbons (Fsp3) is 0.600. The molecule has 2 N–H and O–H groups in total. The lowest BCUT2D eigenvalue weighted by molar-refractivity contribution is -0.149. The van der Waals surface area contributed by atoms with Crippen LogP contribution in [0.25, 0.3) is 0 Å². The summed E-state index contributed by atoms with van der Waals surface area (Å²) in [6.45, 7) is 4.42. The molecule has 1 aromatic carbocycles. The van der Waals surface area contributed by atoms with Gasteiger partial charge in [-0.05, 0) is 56.6 Å². The van der Waals surface area contributed by atoms with E-state index in [1.807, 2.05) is 12.1 Å². The number of carbonyl (C=O) groups is 3. The number of carbonyl (C=O) groups excluding carboxylic acids is 3. The van der Waals surface area contributed by atoms with E-state index in [-0.39, 0.29) is 53.1 Å². The first-order valence-electron chi connectivity index (χ1n) is 12.6. The van der Waals surface area contributed by atoms with Crippen LogP contribution in [0.15, 0.2) is 24.3 Å². The lowest BCUT2D eigenvalue weighted by Crippen LogP contribution is -2.63. The number of para-hydroxylation sites is 1. The number of hydrogen-bond donors (Lipinski definition) is 2. The number of ether oxygens (including phenoxy) is 1. The third-order valence-corrected chi connectivity index (χ3v) is 7.70. The van der Waals surface area contributed by atoms with Gasteiger partial charge >= 0.3 is 5.97 Å². The lowest BCUT2D eigenvalue weighted by atomic mass is 9.76. The summed E-state index contributed by atoms with van der Waals surface area (Å²) in [7, 11) is 1.37. The Balaban J connectivity index is 1.15. The number of piperazine rings is 1. The van der Waals surface area contributed by atoms with Crippen molar-refractivity contribution in [1.29, 1.82) is 0 Å². The molecule has 0 spiro atoms. The van der Waals surface area contributed by atoms with Gasteiger partial charge in [-0.15, -0.1) is 0 Å². The average molecular weight is 520 g/mol. The minimum Gasteiger partial charge on any atom is -0.469 e. The molecule has 0 bridgehead atoms. The van der Waals surface area contributed by atoms with Crippen LogP contribution in [-0.4, -0.2) is 91.7 Å². The number of fused-ring (bicyclic) bond motifs is 1. The lowest BCUT2D eigenvalue weighted by Gasteiger charge is -2.43. The molecule has 9 nitrogen and oxygen atoms in total. The molecule has 2 saturated heterocycles. The number of nitrogens with one attached hydrogen (secondary N) is 2. The maximum atomic E-state index is 14.0. The number of rotatable bonds is 8. The van der Waals surface area contributed by atoms with Crippen LogP contribution in [0.3, 0.4) is 0 Å². The Hall–Kier alpha value is -2.79. The minimum absolute atomic E-state index is 0.115. The molecule has 3 atom stereocenters. The van der Waals surface area contributed by atoms with Crippen molar-refractivity contribution in [2.45, 2.75) is 31.7 Å². The Morgan fingerprint density at radius 3 is 2.67 bits per heavy atom. The number of methoxy groups -OCH3 is 1. The van der Waals surface area contributed by atoms with Gasteiger partial charge < -0.3 is 20.3 Å². The van der Waals surface area contributed by atoms with Crippen molar-refractivity contribution in [2.75, 3.05) is 57.8 Å². The third kappa shape index (κ3) is 6.12. The molecule has 0 radical (unpaired) electrons. The molecule has 36 heavy (non-hydrogen) atoms. The number of benzene rings is 1. The van der Waals surface area contributed by atoms with Crippen LogP contribution in [-0.2, 0) is 19.1 Å². The van der Waals surface area contributed by atoms with Crippen molar-refractivity contribution in [3.8, 4) is 0 Å². The SMILES string of the molecule is COC(=O)C1CCC2C(=O)N(CC(=O)NCCCN3CCN(c4ccccc4F)CC3)C(=S)NC2C1. The number of anilines is 1. The molecule has 2 heterocycles. The zero-order valence-electron chi connectivity index (χ0n) is 20.6. The quantitative estimate of drug-likeness (QED) is 0.300. The van der Waals surface area contributed by atoms with Gasteiger partial charge in [0.15, 0.2) is 5.11 Å². The van der Waals surface area contributed by atoms with Crippen LogP contribution in [0.1, 0.15) is 25.7 Å². The first-order chi connectivity index (χ1) is 17.4.